The molecule has 0 spiro atoms. The van der Waals surface area contributed by atoms with Crippen molar-refractivity contribution in [2.45, 2.75) is 32.5 Å². The highest BCUT2D eigenvalue weighted by atomic mass is 16.5. The molecular weight excluding hydrogens is 322 g/mol. The van der Waals surface area contributed by atoms with Crippen molar-refractivity contribution in [3.8, 4) is 17.1 Å². The van der Waals surface area contributed by atoms with Crippen LogP contribution < -0.4 is 4.74 Å². The van der Waals surface area contributed by atoms with Crippen molar-refractivity contribution < 1.29 is 4.74 Å². The van der Waals surface area contributed by atoms with E-state index >= 15 is 0 Å². The highest BCUT2D eigenvalue weighted by molar-refractivity contribution is 5.56. The zero-order valence-electron chi connectivity index (χ0n) is 15.1. The Labute approximate surface area is 154 Å². The van der Waals surface area contributed by atoms with Crippen molar-refractivity contribution in [2.75, 3.05) is 13.2 Å². The molecule has 4 heteroatoms. The third kappa shape index (κ3) is 2.61. The molecule has 0 saturated carbocycles. The summed E-state index contributed by atoms with van der Waals surface area (Å²) >= 11 is 0. The van der Waals surface area contributed by atoms with Gasteiger partial charge < -0.3 is 9.30 Å². The monoisotopic (exact) mass is 345 g/mol. The lowest BCUT2D eigenvalue weighted by molar-refractivity contribution is 0.167. The molecule has 4 nitrogen and oxygen atoms in total. The van der Waals surface area contributed by atoms with Gasteiger partial charge in [0.2, 0.25) is 0 Å². The molecule has 0 fully saturated rings. The van der Waals surface area contributed by atoms with E-state index in [4.69, 9.17) is 9.72 Å². The predicted molar refractivity (Wildman–Crippen MR) is 102 cm³/mol. The third-order valence-corrected chi connectivity index (χ3v) is 5.70. The second kappa shape index (κ2) is 6.29. The maximum absolute atomic E-state index is 5.75. The first-order chi connectivity index (χ1) is 12.8. The Bertz CT molecular complexity index is 932. The summed E-state index contributed by atoms with van der Waals surface area (Å²) in [5.41, 5.74) is 5.16. The number of hydrogen-bond acceptors (Lipinski definition) is 3. The number of imidazole rings is 1. The van der Waals surface area contributed by atoms with Crippen molar-refractivity contribution in [3.63, 3.8) is 0 Å². The second-order valence-electron chi connectivity index (χ2n) is 7.20. The molecule has 1 atom stereocenters. The topological polar surface area (TPSA) is 30.3 Å². The summed E-state index contributed by atoms with van der Waals surface area (Å²) in [4.78, 5) is 7.23. The molecule has 0 aliphatic carbocycles. The Kier molecular flexibility index (Phi) is 3.79. The highest BCUT2D eigenvalue weighted by Crippen LogP contribution is 2.33. The molecule has 0 amide bonds. The fraction of sp³-hybridized carbons (Fsp3) is 0.318. The maximum atomic E-state index is 5.75. The molecular formula is C22H23N3O. The van der Waals surface area contributed by atoms with Crippen LogP contribution in [-0.4, -0.2) is 27.6 Å². The number of aromatic nitrogens is 2. The van der Waals surface area contributed by atoms with Crippen molar-refractivity contribution in [3.05, 3.63) is 71.5 Å². The molecule has 0 radical (unpaired) electrons. The van der Waals surface area contributed by atoms with Crippen LogP contribution in [0.15, 0.2) is 54.7 Å². The molecule has 132 valence electrons. The minimum Gasteiger partial charge on any atom is -0.493 e. The van der Waals surface area contributed by atoms with Gasteiger partial charge >= 0.3 is 0 Å². The summed E-state index contributed by atoms with van der Waals surface area (Å²) in [7, 11) is 0. The van der Waals surface area contributed by atoms with E-state index in [1.807, 2.05) is 12.3 Å². The first kappa shape index (κ1) is 15.6. The zero-order chi connectivity index (χ0) is 17.5. The lowest BCUT2D eigenvalue weighted by Gasteiger charge is -2.34. The van der Waals surface area contributed by atoms with Gasteiger partial charge in [-0.1, -0.05) is 42.5 Å². The van der Waals surface area contributed by atoms with E-state index in [-0.39, 0.29) is 0 Å². The molecule has 3 heterocycles. The van der Waals surface area contributed by atoms with E-state index in [0.717, 1.165) is 44.2 Å². The molecule has 26 heavy (non-hydrogen) atoms. The first-order valence-corrected chi connectivity index (χ1v) is 9.39. The minimum atomic E-state index is 0.369. The summed E-state index contributed by atoms with van der Waals surface area (Å²) in [6.45, 7) is 6.05. The predicted octanol–water partition coefficient (Wildman–Crippen LogP) is 4.06. The van der Waals surface area contributed by atoms with Gasteiger partial charge in [-0.15, -0.1) is 0 Å². The van der Waals surface area contributed by atoms with E-state index in [2.05, 4.69) is 58.9 Å². The number of fused-ring (bicyclic) bond motifs is 2. The quantitative estimate of drug-likeness (QED) is 0.717. The summed E-state index contributed by atoms with van der Waals surface area (Å²) in [5, 5.41) is 0. The zero-order valence-corrected chi connectivity index (χ0v) is 15.1. The molecule has 0 saturated heterocycles. The second-order valence-corrected chi connectivity index (χ2v) is 7.20. The molecule has 0 bridgehead atoms. The maximum Gasteiger partial charge on any atom is 0.140 e. The van der Waals surface area contributed by atoms with Crippen LogP contribution in [0.3, 0.4) is 0 Å². The summed E-state index contributed by atoms with van der Waals surface area (Å²) in [5.74, 6) is 2.15. The van der Waals surface area contributed by atoms with Crippen LogP contribution in [0.25, 0.3) is 11.4 Å². The standard InChI is InChI=1S/C22H23N3O/c1-16(19-8-7-17-9-12-26-21(17)13-19)24-10-11-25-20(15-24)14-23-22(25)18-5-3-2-4-6-18/h2-8,13-14,16H,9-12,15H2,1H3. The lowest BCUT2D eigenvalue weighted by atomic mass is 10.0. The van der Waals surface area contributed by atoms with E-state index in [9.17, 15) is 0 Å². The average molecular weight is 345 g/mol. The first-order valence-electron chi connectivity index (χ1n) is 9.39. The van der Waals surface area contributed by atoms with Gasteiger partial charge in [0.05, 0.1) is 18.5 Å². The van der Waals surface area contributed by atoms with Gasteiger partial charge in [0.1, 0.15) is 11.6 Å². The number of nitrogens with zero attached hydrogens (tertiary/aromatic N) is 3. The SMILES string of the molecule is CC(c1ccc2c(c1)OCC2)N1CCn2c(cnc2-c2ccccc2)C1. The van der Waals surface area contributed by atoms with Gasteiger partial charge in [-0.05, 0) is 24.1 Å². The molecule has 2 aliphatic heterocycles. The molecule has 2 aliphatic rings. The van der Waals surface area contributed by atoms with Crippen LogP contribution in [0.5, 0.6) is 5.75 Å². The molecule has 5 rings (SSSR count). The van der Waals surface area contributed by atoms with E-state index in [1.54, 1.807) is 0 Å². The van der Waals surface area contributed by atoms with Gasteiger partial charge in [-0.2, -0.15) is 0 Å². The van der Waals surface area contributed by atoms with Crippen LogP contribution in [0, 0.1) is 0 Å². The van der Waals surface area contributed by atoms with Crippen LogP contribution in [0.1, 0.15) is 29.8 Å². The normalized spacial score (nSPS) is 17.4. The van der Waals surface area contributed by atoms with Gasteiger partial charge in [0.25, 0.3) is 0 Å². The number of ether oxygens (including phenoxy) is 1. The van der Waals surface area contributed by atoms with E-state index in [0.29, 0.717) is 6.04 Å². The Morgan fingerprint density at radius 3 is 2.85 bits per heavy atom. The van der Waals surface area contributed by atoms with Crippen LogP contribution >= 0.6 is 0 Å². The Hall–Kier alpha value is -2.59. The lowest BCUT2D eigenvalue weighted by Crippen LogP contribution is -2.35. The molecule has 1 aromatic heterocycles. The molecule has 3 aromatic rings. The van der Waals surface area contributed by atoms with Gasteiger partial charge in [0, 0.05) is 37.7 Å². The number of benzene rings is 2. The van der Waals surface area contributed by atoms with Gasteiger partial charge in [0.15, 0.2) is 0 Å². The average Bonchev–Trinajstić information content (AvgIpc) is 3.33. The minimum absolute atomic E-state index is 0.369. The van der Waals surface area contributed by atoms with E-state index in [1.165, 1.54) is 22.4 Å². The summed E-state index contributed by atoms with van der Waals surface area (Å²) in [6, 6.07) is 17.6. The third-order valence-electron chi connectivity index (χ3n) is 5.70. The van der Waals surface area contributed by atoms with Crippen LogP contribution in [0.4, 0.5) is 0 Å². The summed E-state index contributed by atoms with van der Waals surface area (Å²) in [6.07, 6.45) is 3.07. The fourth-order valence-electron chi connectivity index (χ4n) is 4.10. The highest BCUT2D eigenvalue weighted by Gasteiger charge is 2.25. The Morgan fingerprint density at radius 2 is 1.96 bits per heavy atom. The number of rotatable bonds is 3. The van der Waals surface area contributed by atoms with E-state index < -0.39 is 0 Å². The number of hydrogen-bond donors (Lipinski definition) is 0. The smallest absolute Gasteiger partial charge is 0.140 e. The van der Waals surface area contributed by atoms with Crippen molar-refractivity contribution in [1.29, 1.82) is 0 Å². The molecule has 2 aromatic carbocycles. The Morgan fingerprint density at radius 1 is 1.08 bits per heavy atom. The summed E-state index contributed by atoms with van der Waals surface area (Å²) < 4.78 is 8.12. The van der Waals surface area contributed by atoms with Gasteiger partial charge in [-0.3, -0.25) is 4.90 Å². The fourth-order valence-corrected chi connectivity index (χ4v) is 4.10. The largest absolute Gasteiger partial charge is 0.493 e. The van der Waals surface area contributed by atoms with Crippen molar-refractivity contribution in [2.24, 2.45) is 0 Å². The Balaban J connectivity index is 1.38. The molecule has 1 unspecified atom stereocenters. The molecule has 0 N–H and O–H groups in total. The van der Waals surface area contributed by atoms with Crippen LogP contribution in [-0.2, 0) is 19.5 Å². The van der Waals surface area contributed by atoms with Gasteiger partial charge in [-0.25, -0.2) is 4.98 Å². The van der Waals surface area contributed by atoms with Crippen molar-refractivity contribution >= 4 is 0 Å². The van der Waals surface area contributed by atoms with Crippen LogP contribution in [0.2, 0.25) is 0 Å². The van der Waals surface area contributed by atoms with Crippen molar-refractivity contribution in [1.82, 2.24) is 14.5 Å².